The van der Waals surface area contributed by atoms with Crippen LogP contribution in [-0.4, -0.2) is 82.8 Å². The minimum atomic E-state index is -1.08. The molecule has 3 aliphatic heterocycles. The lowest BCUT2D eigenvalue weighted by molar-refractivity contribution is -0.131. The molecular formula is C35H35F3N6O2. The van der Waals surface area contributed by atoms with Gasteiger partial charge in [-0.2, -0.15) is 15.2 Å². The number of rotatable bonds is 7. The van der Waals surface area contributed by atoms with Crippen LogP contribution in [0.5, 0.6) is 6.01 Å². The maximum Gasteiger partial charge on any atom is 0.319 e. The fourth-order valence-corrected chi connectivity index (χ4v) is 8.61. The molecule has 0 N–H and O–H groups in total. The van der Waals surface area contributed by atoms with Crippen LogP contribution in [0.25, 0.3) is 22.0 Å². The maximum atomic E-state index is 16.8. The van der Waals surface area contributed by atoms with E-state index in [-0.39, 0.29) is 44.2 Å². The second-order valence-corrected chi connectivity index (χ2v) is 13.6. The Morgan fingerprint density at radius 3 is 2.85 bits per heavy atom. The predicted molar refractivity (Wildman–Crippen MR) is 166 cm³/mol. The number of amides is 1. The summed E-state index contributed by atoms with van der Waals surface area (Å²) < 4.78 is 51.4. The lowest BCUT2D eigenvalue weighted by Crippen LogP contribution is -2.55. The molecule has 3 saturated heterocycles. The van der Waals surface area contributed by atoms with Crippen LogP contribution < -0.4 is 9.64 Å². The highest BCUT2D eigenvalue weighted by Crippen LogP contribution is 2.59. The molecule has 238 valence electrons. The molecule has 11 heteroatoms. The van der Waals surface area contributed by atoms with E-state index < -0.39 is 35.3 Å². The number of carbonyl (C=O) groups excluding carboxylic acids is 1. The first-order chi connectivity index (χ1) is 22.3. The first-order valence-electron chi connectivity index (χ1n) is 16.2. The van der Waals surface area contributed by atoms with Gasteiger partial charge in [-0.3, -0.25) is 9.69 Å². The van der Waals surface area contributed by atoms with Crippen LogP contribution in [0.15, 0.2) is 42.7 Å². The molecule has 0 spiro atoms. The molecule has 2 aromatic carbocycles. The molecule has 5 atom stereocenters. The number of aromatic nitrogens is 2. The zero-order chi connectivity index (χ0) is 31.7. The van der Waals surface area contributed by atoms with Gasteiger partial charge in [0.05, 0.1) is 24.1 Å². The van der Waals surface area contributed by atoms with Gasteiger partial charge in [-0.05, 0) is 66.8 Å². The van der Waals surface area contributed by atoms with Gasteiger partial charge in [-0.25, -0.2) is 13.2 Å². The summed E-state index contributed by atoms with van der Waals surface area (Å²) in [6, 6.07) is 11.2. The maximum absolute atomic E-state index is 16.8. The molecule has 1 saturated carbocycles. The van der Waals surface area contributed by atoms with Gasteiger partial charge < -0.3 is 14.5 Å². The number of hydrogen-bond donors (Lipinski definition) is 0. The van der Waals surface area contributed by atoms with E-state index in [2.05, 4.69) is 28.6 Å². The number of ether oxygens (including phenoxy) is 1. The number of alkyl halides is 1. The van der Waals surface area contributed by atoms with Crippen LogP contribution in [0.2, 0.25) is 0 Å². The highest BCUT2D eigenvalue weighted by molar-refractivity contribution is 5.95. The minimum absolute atomic E-state index is 0.00453. The molecule has 3 aromatic rings. The van der Waals surface area contributed by atoms with E-state index in [0.29, 0.717) is 41.6 Å². The van der Waals surface area contributed by atoms with Crippen molar-refractivity contribution in [3.8, 4) is 23.2 Å². The van der Waals surface area contributed by atoms with Gasteiger partial charge in [0.15, 0.2) is 11.6 Å². The molecule has 1 aromatic heterocycles. The molecule has 4 heterocycles. The van der Waals surface area contributed by atoms with Gasteiger partial charge in [-0.1, -0.05) is 30.8 Å². The molecule has 0 radical (unpaired) electrons. The Morgan fingerprint density at radius 2 is 2.02 bits per heavy atom. The molecule has 0 unspecified atom stereocenters. The molecule has 4 fully saturated rings. The predicted octanol–water partition coefficient (Wildman–Crippen LogP) is 5.46. The van der Waals surface area contributed by atoms with Gasteiger partial charge in [-0.15, -0.1) is 0 Å². The minimum Gasteiger partial charge on any atom is -0.461 e. The van der Waals surface area contributed by atoms with Crippen molar-refractivity contribution in [1.82, 2.24) is 19.8 Å². The number of anilines is 1. The van der Waals surface area contributed by atoms with Crippen molar-refractivity contribution in [3.05, 3.63) is 59.7 Å². The first kappa shape index (κ1) is 29.2. The summed E-state index contributed by atoms with van der Waals surface area (Å²) in [5.74, 6) is -0.868. The van der Waals surface area contributed by atoms with Crippen molar-refractivity contribution < 1.29 is 22.7 Å². The van der Waals surface area contributed by atoms with E-state index in [0.717, 1.165) is 37.8 Å². The lowest BCUT2D eigenvalue weighted by Gasteiger charge is -2.41. The third-order valence-corrected chi connectivity index (χ3v) is 10.9. The Hall–Kier alpha value is -4.17. The van der Waals surface area contributed by atoms with E-state index in [9.17, 15) is 18.8 Å². The number of nitrogens with zero attached hydrogens (tertiary/aromatic N) is 6. The number of fused-ring (bicyclic) bond motifs is 5. The summed E-state index contributed by atoms with van der Waals surface area (Å²) in [7, 11) is 0. The highest BCUT2D eigenvalue weighted by Gasteiger charge is 2.50. The molecule has 0 bridgehead atoms. The van der Waals surface area contributed by atoms with Crippen LogP contribution >= 0.6 is 0 Å². The average molecular weight is 629 g/mol. The highest BCUT2D eigenvalue weighted by atomic mass is 19.1. The third kappa shape index (κ3) is 4.72. The monoisotopic (exact) mass is 628 g/mol. The second kappa shape index (κ2) is 11.0. The molecule has 2 aliphatic carbocycles. The number of halogens is 3. The van der Waals surface area contributed by atoms with Crippen LogP contribution in [0.4, 0.5) is 19.0 Å². The number of piperazine rings is 1. The van der Waals surface area contributed by atoms with Crippen LogP contribution in [0, 0.1) is 23.1 Å². The number of nitriles is 1. The summed E-state index contributed by atoms with van der Waals surface area (Å²) >= 11 is 0. The van der Waals surface area contributed by atoms with Gasteiger partial charge in [0.25, 0.3) is 5.91 Å². The molecule has 46 heavy (non-hydrogen) atoms. The number of carbonyl (C=O) groups is 1. The smallest absolute Gasteiger partial charge is 0.319 e. The molecule has 8 nitrogen and oxygen atoms in total. The summed E-state index contributed by atoms with van der Waals surface area (Å²) in [6.07, 6.45) is 3.35. The number of benzene rings is 2. The summed E-state index contributed by atoms with van der Waals surface area (Å²) in [4.78, 5) is 27.3. The number of hydrogen-bond acceptors (Lipinski definition) is 7. The van der Waals surface area contributed by atoms with Crippen molar-refractivity contribution in [2.45, 2.75) is 62.2 Å². The van der Waals surface area contributed by atoms with Gasteiger partial charge in [0, 0.05) is 43.5 Å². The Balaban J connectivity index is 1.20. The SMILES string of the molecule is C=C(F)C(=O)N1CCN(c2nc(OC[C@@]34CCCN3C[C@H](F)C4)nc3c(F)c(-c4cccc5c4[C@H]4C[C@H]4C5)ccc23)C[C@@H]1CC#N. The van der Waals surface area contributed by atoms with Crippen LogP contribution in [0.1, 0.15) is 49.1 Å². The summed E-state index contributed by atoms with van der Waals surface area (Å²) in [5.41, 5.74) is 3.54. The van der Waals surface area contributed by atoms with E-state index in [1.54, 1.807) is 6.07 Å². The topological polar surface area (TPSA) is 85.6 Å². The average Bonchev–Trinajstić information content (AvgIpc) is 3.37. The van der Waals surface area contributed by atoms with E-state index in [1.165, 1.54) is 16.0 Å². The summed E-state index contributed by atoms with van der Waals surface area (Å²) in [5, 5.41) is 9.98. The van der Waals surface area contributed by atoms with Gasteiger partial charge in [0.2, 0.25) is 0 Å². The van der Waals surface area contributed by atoms with Crippen molar-refractivity contribution >= 4 is 22.6 Å². The molecular weight excluding hydrogens is 593 g/mol. The van der Waals surface area contributed by atoms with E-state index in [1.807, 2.05) is 23.1 Å². The molecule has 8 rings (SSSR count). The van der Waals surface area contributed by atoms with Crippen molar-refractivity contribution in [2.75, 3.05) is 44.2 Å². The van der Waals surface area contributed by atoms with Crippen molar-refractivity contribution in [1.29, 1.82) is 5.26 Å². The molecule has 1 amide bonds. The van der Waals surface area contributed by atoms with E-state index in [4.69, 9.17) is 9.72 Å². The zero-order valence-electron chi connectivity index (χ0n) is 25.5. The third-order valence-electron chi connectivity index (χ3n) is 10.9. The van der Waals surface area contributed by atoms with Crippen molar-refractivity contribution in [3.63, 3.8) is 0 Å². The largest absolute Gasteiger partial charge is 0.461 e. The fourth-order valence-electron chi connectivity index (χ4n) is 8.61. The van der Waals surface area contributed by atoms with E-state index >= 15 is 4.39 Å². The Kier molecular flexibility index (Phi) is 6.98. The first-order valence-corrected chi connectivity index (χ1v) is 16.2. The second-order valence-electron chi connectivity index (χ2n) is 13.6. The lowest BCUT2D eigenvalue weighted by atomic mass is 9.93. The van der Waals surface area contributed by atoms with Crippen LogP contribution in [0.3, 0.4) is 0 Å². The Bertz CT molecular complexity index is 1810. The van der Waals surface area contributed by atoms with Gasteiger partial charge >= 0.3 is 6.01 Å². The standard InChI is InChI=1S/C35H35F3N6O2/c1-20(36)33(45)44-13-12-42(18-24(44)8-10-39)32-27-7-6-26(25-5-2-4-21-14-22-15-28(22)29(21)25)30(38)31(27)40-34(41-32)46-19-35-9-3-11-43(35)17-23(37)16-35/h2,4-7,22-24,28H,1,3,8-9,11-19H2/t22-,23-,24+,28+,35+/m1/s1. The van der Waals surface area contributed by atoms with Gasteiger partial charge in [0.1, 0.15) is 24.1 Å². The quantitative estimate of drug-likeness (QED) is 0.321. The Labute approximate surface area is 265 Å². The van der Waals surface area contributed by atoms with Crippen molar-refractivity contribution in [2.24, 2.45) is 5.92 Å². The fraction of sp³-hybridized carbons (Fsp3) is 0.486. The zero-order valence-corrected chi connectivity index (χ0v) is 25.5. The summed E-state index contributed by atoms with van der Waals surface area (Å²) in [6.45, 7) is 5.10. The van der Waals surface area contributed by atoms with Crippen LogP contribution in [-0.2, 0) is 11.2 Å². The molecule has 5 aliphatic rings. The normalized spacial score (nSPS) is 28.1. The Morgan fingerprint density at radius 1 is 1.15 bits per heavy atom.